The Balaban J connectivity index is 1.54. The number of hydrogen-bond donors (Lipinski definition) is 1. The first-order valence-corrected chi connectivity index (χ1v) is 11.5. The summed E-state index contributed by atoms with van der Waals surface area (Å²) in [7, 11) is 1.48. The fourth-order valence-electron chi connectivity index (χ4n) is 5.09. The number of ether oxygens (including phenoxy) is 2. The average Bonchev–Trinajstić information content (AvgIpc) is 2.82. The summed E-state index contributed by atoms with van der Waals surface area (Å²) in [6.45, 7) is 4.78. The molecule has 1 N–H and O–H groups in total. The number of nitrogens with zero attached hydrogens (tertiary/aromatic N) is 4. The Bertz CT molecular complexity index is 1420. The number of fused-ring (bicyclic) bond motifs is 2. The van der Waals surface area contributed by atoms with Crippen LogP contribution in [0.1, 0.15) is 6.92 Å². The first kappa shape index (κ1) is 21.5. The summed E-state index contributed by atoms with van der Waals surface area (Å²) in [5.74, 6) is 0.0760. The van der Waals surface area contributed by atoms with Crippen LogP contribution < -0.4 is 15.0 Å². The van der Waals surface area contributed by atoms with Gasteiger partial charge in [-0.25, -0.2) is 4.39 Å². The van der Waals surface area contributed by atoms with Crippen LogP contribution in [0.4, 0.5) is 10.2 Å². The molecule has 2 aliphatic rings. The fraction of sp³-hybridized carbons (Fsp3) is 0.320. The molecule has 7 nitrogen and oxygen atoms in total. The highest BCUT2D eigenvalue weighted by Gasteiger charge is 2.45. The summed E-state index contributed by atoms with van der Waals surface area (Å²) in [5, 5.41) is 6.37. The van der Waals surface area contributed by atoms with Crippen LogP contribution in [0.15, 0.2) is 42.6 Å². The molecule has 1 atom stereocenters. The van der Waals surface area contributed by atoms with Gasteiger partial charge in [0.1, 0.15) is 17.0 Å². The number of hydrogen-bond acceptors (Lipinski definition) is 7. The molecular formula is C25H23ClFN5O2. The molecule has 0 saturated carbocycles. The SMILES string of the molecule is COc1nc(N2CC(C)NC3(COC3)C2)c2cnc(-c3cccc4cccc(Cl)c34)c(F)c2n1. The average molecular weight is 480 g/mol. The summed E-state index contributed by atoms with van der Waals surface area (Å²) in [6, 6.07) is 11.6. The van der Waals surface area contributed by atoms with Gasteiger partial charge in [0.05, 0.1) is 31.2 Å². The third-order valence-electron chi connectivity index (χ3n) is 6.53. The van der Waals surface area contributed by atoms with E-state index in [2.05, 4.69) is 32.1 Å². The molecule has 2 aliphatic heterocycles. The maximum Gasteiger partial charge on any atom is 0.318 e. The third-order valence-corrected chi connectivity index (χ3v) is 6.85. The predicted molar refractivity (Wildman–Crippen MR) is 130 cm³/mol. The van der Waals surface area contributed by atoms with E-state index >= 15 is 4.39 Å². The van der Waals surface area contributed by atoms with Crippen molar-refractivity contribution in [1.82, 2.24) is 20.3 Å². The first-order chi connectivity index (χ1) is 16.5. The molecule has 174 valence electrons. The zero-order valence-corrected chi connectivity index (χ0v) is 19.6. The number of methoxy groups -OCH3 is 1. The number of rotatable bonds is 3. The van der Waals surface area contributed by atoms with Gasteiger partial charge in [-0.15, -0.1) is 0 Å². The van der Waals surface area contributed by atoms with Crippen LogP contribution in [0.25, 0.3) is 32.9 Å². The molecule has 0 aliphatic carbocycles. The normalized spacial score (nSPS) is 19.5. The molecule has 2 aromatic heterocycles. The molecule has 34 heavy (non-hydrogen) atoms. The van der Waals surface area contributed by atoms with Crippen LogP contribution in [0.2, 0.25) is 5.02 Å². The topological polar surface area (TPSA) is 72.4 Å². The second-order valence-corrected chi connectivity index (χ2v) is 9.47. The van der Waals surface area contributed by atoms with Gasteiger partial charge in [-0.3, -0.25) is 4.98 Å². The maximum atomic E-state index is 16.1. The van der Waals surface area contributed by atoms with Gasteiger partial charge in [0, 0.05) is 41.3 Å². The number of nitrogens with one attached hydrogen (secondary N) is 1. The van der Waals surface area contributed by atoms with Gasteiger partial charge in [-0.1, -0.05) is 41.9 Å². The Kier molecular flexibility index (Phi) is 5.05. The molecule has 0 amide bonds. The van der Waals surface area contributed by atoms with E-state index in [9.17, 15) is 0 Å². The standard InChI is InChI=1S/C25H23ClFN5O2/c1-14-10-32(11-25(31-14)12-34-13-25)23-17-9-28-21(20(27)22(17)29-24(30-23)33-2)16-7-3-5-15-6-4-8-18(26)19(15)16/h3-9,14,31H,10-13H2,1-2H3. The van der Waals surface area contributed by atoms with E-state index < -0.39 is 5.82 Å². The summed E-state index contributed by atoms with van der Waals surface area (Å²) in [6.07, 6.45) is 1.65. The van der Waals surface area contributed by atoms with E-state index in [-0.39, 0.29) is 28.8 Å². The number of halogens is 2. The summed E-state index contributed by atoms with van der Waals surface area (Å²) < 4.78 is 26.9. The molecule has 6 rings (SSSR count). The predicted octanol–water partition coefficient (Wildman–Crippen LogP) is 4.21. The maximum absolute atomic E-state index is 16.1. The zero-order chi connectivity index (χ0) is 23.4. The Hall–Kier alpha value is -3.07. The van der Waals surface area contributed by atoms with Crippen LogP contribution in [0.3, 0.4) is 0 Å². The van der Waals surface area contributed by atoms with Crippen LogP contribution in [-0.4, -0.2) is 59.9 Å². The van der Waals surface area contributed by atoms with Crippen LogP contribution in [0, 0.1) is 5.82 Å². The lowest BCUT2D eigenvalue weighted by Crippen LogP contribution is -2.73. The second-order valence-electron chi connectivity index (χ2n) is 9.06. The van der Waals surface area contributed by atoms with E-state index in [1.807, 2.05) is 30.3 Å². The Morgan fingerprint density at radius 3 is 2.74 bits per heavy atom. The van der Waals surface area contributed by atoms with Gasteiger partial charge in [-0.05, 0) is 18.4 Å². The minimum absolute atomic E-state index is 0.111. The van der Waals surface area contributed by atoms with E-state index in [4.69, 9.17) is 21.1 Å². The molecular weight excluding hydrogens is 457 g/mol. The molecule has 2 aromatic carbocycles. The largest absolute Gasteiger partial charge is 0.467 e. The van der Waals surface area contributed by atoms with Crippen molar-refractivity contribution in [3.63, 3.8) is 0 Å². The van der Waals surface area contributed by atoms with Crippen molar-refractivity contribution in [1.29, 1.82) is 0 Å². The highest BCUT2D eigenvalue weighted by atomic mass is 35.5. The lowest BCUT2D eigenvalue weighted by atomic mass is 9.92. The van der Waals surface area contributed by atoms with Crippen molar-refractivity contribution in [2.45, 2.75) is 18.5 Å². The number of anilines is 1. The smallest absolute Gasteiger partial charge is 0.318 e. The first-order valence-electron chi connectivity index (χ1n) is 11.2. The van der Waals surface area contributed by atoms with E-state index in [0.717, 1.165) is 10.8 Å². The molecule has 4 aromatic rings. The van der Waals surface area contributed by atoms with Crippen molar-refractivity contribution in [3.05, 3.63) is 53.4 Å². The molecule has 2 fully saturated rings. The number of benzene rings is 2. The number of pyridine rings is 1. The van der Waals surface area contributed by atoms with Crippen molar-refractivity contribution in [2.24, 2.45) is 0 Å². The van der Waals surface area contributed by atoms with Gasteiger partial charge >= 0.3 is 6.01 Å². The minimum Gasteiger partial charge on any atom is -0.467 e. The van der Waals surface area contributed by atoms with Gasteiger partial charge in [0.2, 0.25) is 0 Å². The lowest BCUT2D eigenvalue weighted by molar-refractivity contribution is -0.0803. The lowest BCUT2D eigenvalue weighted by Gasteiger charge is -2.51. The molecule has 0 bridgehead atoms. The number of piperazine rings is 1. The molecule has 4 heterocycles. The fourth-order valence-corrected chi connectivity index (χ4v) is 5.38. The highest BCUT2D eigenvalue weighted by molar-refractivity contribution is 6.36. The van der Waals surface area contributed by atoms with E-state index in [0.29, 0.717) is 48.1 Å². The summed E-state index contributed by atoms with van der Waals surface area (Å²) >= 11 is 6.50. The van der Waals surface area contributed by atoms with E-state index in [1.165, 1.54) is 7.11 Å². The zero-order valence-electron chi connectivity index (χ0n) is 18.8. The Morgan fingerprint density at radius 1 is 1.21 bits per heavy atom. The number of aromatic nitrogens is 3. The monoisotopic (exact) mass is 479 g/mol. The highest BCUT2D eigenvalue weighted by Crippen LogP contribution is 2.38. The van der Waals surface area contributed by atoms with Crippen LogP contribution in [-0.2, 0) is 4.74 Å². The molecule has 0 radical (unpaired) electrons. The molecule has 9 heteroatoms. The quantitative estimate of drug-likeness (QED) is 0.472. The molecule has 2 saturated heterocycles. The van der Waals surface area contributed by atoms with Crippen LogP contribution in [0.5, 0.6) is 6.01 Å². The summed E-state index contributed by atoms with van der Waals surface area (Å²) in [5.41, 5.74) is 0.841. The third kappa shape index (κ3) is 3.36. The minimum atomic E-state index is -0.531. The van der Waals surface area contributed by atoms with Crippen molar-refractivity contribution < 1.29 is 13.9 Å². The molecule has 1 spiro atoms. The second kappa shape index (κ2) is 8.01. The van der Waals surface area contributed by atoms with Gasteiger partial charge < -0.3 is 19.7 Å². The van der Waals surface area contributed by atoms with Gasteiger partial charge in [0.15, 0.2) is 5.82 Å². The van der Waals surface area contributed by atoms with Crippen molar-refractivity contribution in [3.8, 4) is 17.3 Å². The summed E-state index contributed by atoms with van der Waals surface area (Å²) in [4.78, 5) is 15.7. The van der Waals surface area contributed by atoms with Crippen molar-refractivity contribution >= 4 is 39.1 Å². The molecule has 1 unspecified atom stereocenters. The van der Waals surface area contributed by atoms with Gasteiger partial charge in [0.25, 0.3) is 0 Å². The van der Waals surface area contributed by atoms with Gasteiger partial charge in [-0.2, -0.15) is 9.97 Å². The Labute approximate surface area is 200 Å². The Morgan fingerprint density at radius 2 is 2.00 bits per heavy atom. The van der Waals surface area contributed by atoms with Crippen LogP contribution >= 0.6 is 11.6 Å². The van der Waals surface area contributed by atoms with Crippen molar-refractivity contribution in [2.75, 3.05) is 38.3 Å². The van der Waals surface area contributed by atoms with E-state index in [1.54, 1.807) is 12.3 Å².